The summed E-state index contributed by atoms with van der Waals surface area (Å²) in [4.78, 5) is 0. The van der Waals surface area contributed by atoms with E-state index in [0.717, 1.165) is 32.1 Å². The molecule has 0 aromatic heterocycles. The Balaban J connectivity index is 4.53. The predicted molar refractivity (Wildman–Crippen MR) is 69.8 cm³/mol. The van der Waals surface area contributed by atoms with Gasteiger partial charge in [-0.1, -0.05) is 52.4 Å². The highest BCUT2D eigenvalue weighted by atomic mass is 19.4. The average molecular weight is 338 g/mol. The third-order valence-electron chi connectivity index (χ3n) is 3.52. The van der Waals surface area contributed by atoms with Crippen LogP contribution in [0.25, 0.3) is 0 Å². The van der Waals surface area contributed by atoms with Crippen molar-refractivity contribution in [1.82, 2.24) is 0 Å². The van der Waals surface area contributed by atoms with E-state index in [9.17, 15) is 26.3 Å². The van der Waals surface area contributed by atoms with Crippen molar-refractivity contribution in [3.63, 3.8) is 0 Å². The first kappa shape index (κ1) is 21.5. The van der Waals surface area contributed by atoms with Crippen molar-refractivity contribution in [1.29, 1.82) is 0 Å². The summed E-state index contributed by atoms with van der Waals surface area (Å²) in [5.41, 5.74) is 0. The molecule has 0 aromatic carbocycles. The maximum atomic E-state index is 12.3. The summed E-state index contributed by atoms with van der Waals surface area (Å²) >= 11 is 0. The molecule has 1 unspecified atom stereocenters. The molecule has 0 spiro atoms. The van der Waals surface area contributed by atoms with Gasteiger partial charge in [0.1, 0.15) is 0 Å². The summed E-state index contributed by atoms with van der Waals surface area (Å²) in [5, 5.41) is 0. The normalized spacial score (nSPS) is 15.1. The highest BCUT2D eigenvalue weighted by Crippen LogP contribution is 2.38. The number of alkyl halides is 6. The molecule has 0 amide bonds. The lowest BCUT2D eigenvalue weighted by atomic mass is 9.94. The van der Waals surface area contributed by atoms with Crippen LogP contribution in [0.2, 0.25) is 0 Å². The lowest BCUT2D eigenvalue weighted by molar-refractivity contribution is -0.484. The van der Waals surface area contributed by atoms with Gasteiger partial charge in [-0.3, -0.25) is 9.47 Å². The van der Waals surface area contributed by atoms with Gasteiger partial charge in [0.05, 0.1) is 0 Å². The third-order valence-corrected chi connectivity index (χ3v) is 3.52. The van der Waals surface area contributed by atoms with Crippen LogP contribution in [0.3, 0.4) is 0 Å². The van der Waals surface area contributed by atoms with Crippen molar-refractivity contribution < 1.29 is 35.8 Å². The van der Waals surface area contributed by atoms with Gasteiger partial charge in [0.2, 0.25) is 0 Å². The number of hydrogen-bond donors (Lipinski definition) is 0. The van der Waals surface area contributed by atoms with Crippen LogP contribution < -0.4 is 0 Å². The second-order valence-corrected chi connectivity index (χ2v) is 5.57. The number of rotatable bonds is 10. The van der Waals surface area contributed by atoms with Crippen LogP contribution in [0.5, 0.6) is 0 Å². The largest absolute Gasteiger partial charge is 0.524 e. The maximum absolute atomic E-state index is 12.3. The van der Waals surface area contributed by atoms with Crippen molar-refractivity contribution in [2.75, 3.05) is 0 Å². The molecule has 0 radical (unpaired) electrons. The van der Waals surface area contributed by atoms with E-state index in [4.69, 9.17) is 0 Å². The SMILES string of the molecule is CCCCCCCCC(C)C(C)(OC(F)(F)F)OC(F)(F)F. The van der Waals surface area contributed by atoms with Gasteiger partial charge in [-0.15, -0.1) is 26.3 Å². The number of ether oxygens (including phenoxy) is 2. The molecule has 0 fully saturated rings. The van der Waals surface area contributed by atoms with E-state index in [2.05, 4.69) is 16.4 Å². The Hall–Kier alpha value is -0.500. The molecular weight excluding hydrogens is 314 g/mol. The first-order chi connectivity index (χ1) is 9.90. The molecule has 22 heavy (non-hydrogen) atoms. The Labute approximate surface area is 127 Å². The molecule has 1 atom stereocenters. The molecule has 134 valence electrons. The first-order valence-corrected chi connectivity index (χ1v) is 7.43. The van der Waals surface area contributed by atoms with Crippen molar-refractivity contribution >= 4 is 0 Å². The molecule has 8 heteroatoms. The quantitative estimate of drug-likeness (QED) is 0.270. The fourth-order valence-corrected chi connectivity index (χ4v) is 2.17. The lowest BCUT2D eigenvalue weighted by Gasteiger charge is -2.36. The van der Waals surface area contributed by atoms with Gasteiger partial charge in [-0.25, -0.2) is 0 Å². The molecule has 0 bridgehead atoms. The van der Waals surface area contributed by atoms with E-state index >= 15 is 0 Å². The summed E-state index contributed by atoms with van der Waals surface area (Å²) in [7, 11) is 0. The van der Waals surface area contributed by atoms with Crippen LogP contribution >= 0.6 is 0 Å². The number of halogens is 6. The molecule has 0 heterocycles. The summed E-state index contributed by atoms with van der Waals surface area (Å²) < 4.78 is 81.3. The van der Waals surface area contributed by atoms with Crippen molar-refractivity contribution in [2.45, 2.75) is 84.2 Å². The molecule has 0 aliphatic rings. The highest BCUT2D eigenvalue weighted by molar-refractivity contribution is 4.73. The number of hydrogen-bond acceptors (Lipinski definition) is 2. The van der Waals surface area contributed by atoms with Crippen LogP contribution in [-0.4, -0.2) is 18.5 Å². The van der Waals surface area contributed by atoms with Gasteiger partial charge in [0, 0.05) is 5.92 Å². The zero-order chi connectivity index (χ0) is 17.4. The second kappa shape index (κ2) is 8.96. The monoisotopic (exact) mass is 338 g/mol. The summed E-state index contributed by atoms with van der Waals surface area (Å²) in [6, 6.07) is 0. The third kappa shape index (κ3) is 10.3. The molecule has 0 saturated heterocycles. The van der Waals surface area contributed by atoms with E-state index in [1.807, 2.05) is 0 Å². The topological polar surface area (TPSA) is 18.5 Å². The van der Waals surface area contributed by atoms with E-state index in [-0.39, 0.29) is 6.42 Å². The summed E-state index contributed by atoms with van der Waals surface area (Å²) in [6.07, 6.45) is -4.88. The predicted octanol–water partition coefficient (Wildman–Crippen LogP) is 6.16. The molecule has 0 aliphatic carbocycles. The van der Waals surface area contributed by atoms with Gasteiger partial charge in [0.25, 0.3) is 0 Å². The summed E-state index contributed by atoms with van der Waals surface area (Å²) in [5.74, 6) is -3.83. The van der Waals surface area contributed by atoms with Crippen LogP contribution in [0.4, 0.5) is 26.3 Å². The molecule has 0 rings (SSSR count). The zero-order valence-electron chi connectivity index (χ0n) is 13.1. The molecule has 0 saturated carbocycles. The smallest absolute Gasteiger partial charge is 0.259 e. The van der Waals surface area contributed by atoms with E-state index in [0.29, 0.717) is 13.3 Å². The second-order valence-electron chi connectivity index (χ2n) is 5.57. The molecule has 0 aliphatic heterocycles. The van der Waals surface area contributed by atoms with Gasteiger partial charge in [-0.05, 0) is 13.3 Å². The van der Waals surface area contributed by atoms with Crippen LogP contribution in [-0.2, 0) is 9.47 Å². The van der Waals surface area contributed by atoms with Crippen molar-refractivity contribution in [2.24, 2.45) is 5.92 Å². The number of unbranched alkanes of at least 4 members (excludes halogenated alkanes) is 5. The van der Waals surface area contributed by atoms with Crippen LogP contribution in [0.15, 0.2) is 0 Å². The van der Waals surface area contributed by atoms with E-state index in [1.54, 1.807) is 0 Å². The average Bonchev–Trinajstić information content (AvgIpc) is 2.28. The van der Waals surface area contributed by atoms with Crippen LogP contribution in [0.1, 0.15) is 65.7 Å². The van der Waals surface area contributed by atoms with Gasteiger partial charge in [-0.2, -0.15) is 0 Å². The fourth-order valence-electron chi connectivity index (χ4n) is 2.17. The highest BCUT2D eigenvalue weighted by Gasteiger charge is 2.50. The zero-order valence-corrected chi connectivity index (χ0v) is 13.1. The van der Waals surface area contributed by atoms with Crippen LogP contribution in [0, 0.1) is 5.92 Å². The Morgan fingerprint density at radius 2 is 1.18 bits per heavy atom. The molecule has 0 N–H and O–H groups in total. The minimum Gasteiger partial charge on any atom is -0.259 e. The Kier molecular flexibility index (Phi) is 8.75. The first-order valence-electron chi connectivity index (χ1n) is 7.43. The molecule has 2 nitrogen and oxygen atoms in total. The maximum Gasteiger partial charge on any atom is 0.524 e. The van der Waals surface area contributed by atoms with Crippen molar-refractivity contribution in [3.05, 3.63) is 0 Å². The Morgan fingerprint density at radius 1 is 0.773 bits per heavy atom. The van der Waals surface area contributed by atoms with E-state index < -0.39 is 24.4 Å². The lowest BCUT2D eigenvalue weighted by Crippen LogP contribution is -2.47. The fraction of sp³-hybridized carbons (Fsp3) is 1.00. The molecular formula is C14H24F6O2. The van der Waals surface area contributed by atoms with Gasteiger partial charge in [0.15, 0.2) is 5.79 Å². The van der Waals surface area contributed by atoms with Crippen molar-refractivity contribution in [3.8, 4) is 0 Å². The minimum atomic E-state index is -5.20. The summed E-state index contributed by atoms with van der Waals surface area (Å²) in [6.45, 7) is 4.00. The van der Waals surface area contributed by atoms with Gasteiger partial charge < -0.3 is 0 Å². The van der Waals surface area contributed by atoms with E-state index in [1.165, 1.54) is 6.92 Å². The van der Waals surface area contributed by atoms with Gasteiger partial charge >= 0.3 is 12.7 Å². The Bertz CT molecular complexity index is 285. The Morgan fingerprint density at radius 3 is 1.59 bits per heavy atom. The standard InChI is InChI=1S/C14H24F6O2/c1-4-5-6-7-8-9-10-11(2)12(3,21-13(15,16)17)22-14(18,19)20/h11H,4-10H2,1-3H3. The minimum absolute atomic E-state index is 0.161. The molecule has 0 aromatic rings.